The van der Waals surface area contributed by atoms with Gasteiger partial charge in [0.1, 0.15) is 0 Å². The van der Waals surface area contributed by atoms with Gasteiger partial charge in [-0.15, -0.1) is 11.3 Å². The number of thiazole rings is 1. The summed E-state index contributed by atoms with van der Waals surface area (Å²) in [6, 6.07) is 0. The maximum absolute atomic E-state index is 11.7. The highest BCUT2D eigenvalue weighted by molar-refractivity contribution is 7.09. The summed E-state index contributed by atoms with van der Waals surface area (Å²) >= 11 is 1.48. The van der Waals surface area contributed by atoms with Crippen molar-refractivity contribution >= 4 is 23.3 Å². The van der Waals surface area contributed by atoms with Crippen molar-refractivity contribution in [2.24, 2.45) is 5.92 Å². The Hall–Kier alpha value is -1.43. The summed E-state index contributed by atoms with van der Waals surface area (Å²) in [5, 5.41) is 2.73. The number of rotatable bonds is 6. The lowest BCUT2D eigenvalue weighted by molar-refractivity contribution is -0.161. The molecule has 6 heteroatoms. The van der Waals surface area contributed by atoms with E-state index in [9.17, 15) is 9.59 Å². The summed E-state index contributed by atoms with van der Waals surface area (Å²) in [6.07, 6.45) is 0.224. The van der Waals surface area contributed by atoms with Crippen LogP contribution in [0.5, 0.6) is 0 Å². The van der Waals surface area contributed by atoms with Crippen molar-refractivity contribution in [3.05, 3.63) is 16.1 Å². The molecule has 1 aromatic rings. The minimum atomic E-state index is -0.925. The van der Waals surface area contributed by atoms with Crippen molar-refractivity contribution in [2.45, 2.75) is 27.2 Å². The fraction of sp³-hybridized carbons (Fsp3) is 0.583. The van der Waals surface area contributed by atoms with Crippen LogP contribution in [0.25, 0.3) is 0 Å². The number of aromatic nitrogens is 1. The summed E-state index contributed by atoms with van der Waals surface area (Å²) in [7, 11) is 0. The Labute approximate surface area is 110 Å². The van der Waals surface area contributed by atoms with Gasteiger partial charge in [-0.3, -0.25) is 9.59 Å². The number of nitrogens with zero attached hydrogens (tertiary/aromatic N) is 1. The molecule has 0 aromatic carbocycles. The van der Waals surface area contributed by atoms with Crippen LogP contribution < -0.4 is 0 Å². The second-order valence-corrected chi connectivity index (χ2v) is 4.68. The van der Waals surface area contributed by atoms with Crippen LogP contribution in [0, 0.1) is 12.8 Å². The van der Waals surface area contributed by atoms with E-state index in [1.807, 2.05) is 12.3 Å². The Balaban J connectivity index is 2.76. The third-order valence-electron chi connectivity index (χ3n) is 2.22. The number of ether oxygens (including phenoxy) is 2. The number of carbonyl (C=O) groups is 2. The van der Waals surface area contributed by atoms with Gasteiger partial charge in [0.25, 0.3) is 0 Å². The molecule has 0 unspecified atom stereocenters. The first kappa shape index (κ1) is 14.6. The molecule has 0 radical (unpaired) electrons. The van der Waals surface area contributed by atoms with Gasteiger partial charge in [-0.25, -0.2) is 4.98 Å². The van der Waals surface area contributed by atoms with E-state index in [2.05, 4.69) is 4.98 Å². The summed E-state index contributed by atoms with van der Waals surface area (Å²) in [6.45, 7) is 5.76. The first-order chi connectivity index (χ1) is 8.58. The van der Waals surface area contributed by atoms with Crippen LogP contribution in [0.2, 0.25) is 0 Å². The van der Waals surface area contributed by atoms with E-state index in [1.54, 1.807) is 13.8 Å². The standard InChI is InChI=1S/C12H17NO4S/c1-4-16-11(14)10(12(15)17-5-2)6-9-7-18-8(3)13-9/h7,10H,4-6H2,1-3H3. The SMILES string of the molecule is CCOC(=O)C(Cc1csc(C)n1)C(=O)OCC. The predicted molar refractivity (Wildman–Crippen MR) is 67.3 cm³/mol. The van der Waals surface area contributed by atoms with Gasteiger partial charge < -0.3 is 9.47 Å². The maximum atomic E-state index is 11.7. The Bertz CT molecular complexity index is 398. The summed E-state index contributed by atoms with van der Waals surface area (Å²) in [5.74, 6) is -2.03. The topological polar surface area (TPSA) is 65.5 Å². The lowest BCUT2D eigenvalue weighted by Crippen LogP contribution is -2.30. The van der Waals surface area contributed by atoms with Gasteiger partial charge in [0, 0.05) is 11.8 Å². The number of aryl methyl sites for hydroxylation is 1. The Morgan fingerprint density at radius 2 is 1.83 bits per heavy atom. The zero-order chi connectivity index (χ0) is 13.5. The number of hydrogen-bond acceptors (Lipinski definition) is 6. The summed E-state index contributed by atoms with van der Waals surface area (Å²) in [4.78, 5) is 27.7. The van der Waals surface area contributed by atoms with Crippen molar-refractivity contribution in [3.63, 3.8) is 0 Å². The lowest BCUT2D eigenvalue weighted by Gasteiger charge is -2.13. The fourth-order valence-electron chi connectivity index (χ4n) is 1.46. The molecule has 100 valence electrons. The average molecular weight is 271 g/mol. The first-order valence-corrected chi connectivity index (χ1v) is 6.70. The molecule has 0 fully saturated rings. The maximum Gasteiger partial charge on any atom is 0.320 e. The van der Waals surface area contributed by atoms with Crippen LogP contribution in [-0.2, 0) is 25.5 Å². The van der Waals surface area contributed by atoms with Crippen molar-refractivity contribution in [1.82, 2.24) is 4.98 Å². The molecule has 0 amide bonds. The van der Waals surface area contributed by atoms with E-state index in [1.165, 1.54) is 11.3 Å². The third-order valence-corrected chi connectivity index (χ3v) is 3.04. The number of hydrogen-bond donors (Lipinski definition) is 0. The average Bonchev–Trinajstić information content (AvgIpc) is 2.72. The van der Waals surface area contributed by atoms with Crippen molar-refractivity contribution in [2.75, 3.05) is 13.2 Å². The molecule has 0 aliphatic rings. The van der Waals surface area contributed by atoms with Gasteiger partial charge in [-0.2, -0.15) is 0 Å². The van der Waals surface area contributed by atoms with Crippen LogP contribution in [0.3, 0.4) is 0 Å². The van der Waals surface area contributed by atoms with Crippen molar-refractivity contribution < 1.29 is 19.1 Å². The van der Waals surface area contributed by atoms with Gasteiger partial charge in [0.2, 0.25) is 0 Å². The molecule has 18 heavy (non-hydrogen) atoms. The Morgan fingerprint density at radius 3 is 2.22 bits per heavy atom. The molecule has 1 heterocycles. The molecule has 0 saturated heterocycles. The minimum Gasteiger partial charge on any atom is -0.465 e. The molecule has 0 spiro atoms. The highest BCUT2D eigenvalue weighted by atomic mass is 32.1. The van der Waals surface area contributed by atoms with Gasteiger partial charge >= 0.3 is 11.9 Å². The van der Waals surface area contributed by atoms with Gasteiger partial charge in [-0.05, 0) is 20.8 Å². The van der Waals surface area contributed by atoms with Crippen LogP contribution >= 0.6 is 11.3 Å². The Kier molecular flexibility index (Phi) is 5.77. The van der Waals surface area contributed by atoms with Crippen LogP contribution in [0.4, 0.5) is 0 Å². The highest BCUT2D eigenvalue weighted by Crippen LogP contribution is 2.15. The Morgan fingerprint density at radius 1 is 1.28 bits per heavy atom. The minimum absolute atomic E-state index is 0.224. The monoisotopic (exact) mass is 271 g/mol. The first-order valence-electron chi connectivity index (χ1n) is 5.82. The smallest absolute Gasteiger partial charge is 0.320 e. The van der Waals surface area contributed by atoms with E-state index in [4.69, 9.17) is 9.47 Å². The quantitative estimate of drug-likeness (QED) is 0.582. The molecule has 1 rings (SSSR count). The van der Waals surface area contributed by atoms with Gasteiger partial charge in [0.15, 0.2) is 5.92 Å². The molecule has 0 aliphatic carbocycles. The van der Waals surface area contributed by atoms with Crippen LogP contribution in [0.1, 0.15) is 24.5 Å². The molecular weight excluding hydrogens is 254 g/mol. The number of carbonyl (C=O) groups excluding carboxylic acids is 2. The summed E-state index contributed by atoms with van der Waals surface area (Å²) in [5.41, 5.74) is 0.712. The zero-order valence-corrected chi connectivity index (χ0v) is 11.6. The lowest BCUT2D eigenvalue weighted by atomic mass is 10.0. The molecule has 1 aromatic heterocycles. The second kappa shape index (κ2) is 7.10. The van der Waals surface area contributed by atoms with Crippen LogP contribution in [-0.4, -0.2) is 30.1 Å². The van der Waals surface area contributed by atoms with Crippen molar-refractivity contribution in [3.8, 4) is 0 Å². The molecule has 0 atom stereocenters. The van der Waals surface area contributed by atoms with Gasteiger partial charge in [-0.1, -0.05) is 0 Å². The second-order valence-electron chi connectivity index (χ2n) is 3.62. The molecule has 5 nitrogen and oxygen atoms in total. The third kappa shape index (κ3) is 4.10. The zero-order valence-electron chi connectivity index (χ0n) is 10.8. The van der Waals surface area contributed by atoms with Crippen LogP contribution in [0.15, 0.2) is 5.38 Å². The van der Waals surface area contributed by atoms with Crippen molar-refractivity contribution in [1.29, 1.82) is 0 Å². The summed E-state index contributed by atoms with van der Waals surface area (Å²) < 4.78 is 9.77. The van der Waals surface area contributed by atoms with E-state index >= 15 is 0 Å². The molecule has 0 saturated carbocycles. The normalized spacial score (nSPS) is 10.4. The van der Waals surface area contributed by atoms with E-state index in [0.29, 0.717) is 5.69 Å². The molecular formula is C12H17NO4S. The van der Waals surface area contributed by atoms with E-state index in [0.717, 1.165) is 5.01 Å². The van der Waals surface area contributed by atoms with E-state index < -0.39 is 17.9 Å². The number of esters is 2. The highest BCUT2D eigenvalue weighted by Gasteiger charge is 2.30. The predicted octanol–water partition coefficient (Wildman–Crippen LogP) is 1.74. The van der Waals surface area contributed by atoms with Gasteiger partial charge in [0.05, 0.1) is 23.9 Å². The molecule has 0 N–H and O–H groups in total. The molecule has 0 bridgehead atoms. The molecule has 0 aliphatic heterocycles. The van der Waals surface area contributed by atoms with E-state index in [-0.39, 0.29) is 19.6 Å². The largest absolute Gasteiger partial charge is 0.465 e. The fourth-order valence-corrected chi connectivity index (χ4v) is 2.09.